The summed E-state index contributed by atoms with van der Waals surface area (Å²) in [5.74, 6) is 0.878. The Morgan fingerprint density at radius 3 is 2.77 bits per heavy atom. The third-order valence-electron chi connectivity index (χ3n) is 5.54. The Morgan fingerprint density at radius 1 is 1.20 bits per heavy atom. The van der Waals surface area contributed by atoms with Crippen molar-refractivity contribution in [1.29, 1.82) is 0 Å². The Balaban J connectivity index is 1.49. The van der Waals surface area contributed by atoms with Crippen molar-refractivity contribution >= 4 is 11.6 Å². The van der Waals surface area contributed by atoms with Crippen LogP contribution in [0.4, 0.5) is 10.1 Å². The van der Waals surface area contributed by atoms with Crippen LogP contribution in [0.15, 0.2) is 42.5 Å². The molecule has 6 nitrogen and oxygen atoms in total. The fourth-order valence-electron chi connectivity index (χ4n) is 3.86. The average molecular weight is 414 g/mol. The normalized spacial score (nSPS) is 17.8. The summed E-state index contributed by atoms with van der Waals surface area (Å²) in [6.07, 6.45) is 1.73. The van der Waals surface area contributed by atoms with Gasteiger partial charge in [-0.3, -0.25) is 4.79 Å². The predicted octanol–water partition coefficient (Wildman–Crippen LogP) is 2.98. The molecule has 7 heteroatoms. The van der Waals surface area contributed by atoms with Crippen LogP contribution < -0.4 is 14.4 Å². The van der Waals surface area contributed by atoms with Crippen LogP contribution in [-0.4, -0.2) is 54.9 Å². The van der Waals surface area contributed by atoms with Crippen molar-refractivity contribution < 1.29 is 23.8 Å². The van der Waals surface area contributed by atoms with Gasteiger partial charge in [-0.15, -0.1) is 0 Å². The number of carbonyl (C=O) groups excluding carboxylic acids is 1. The number of methoxy groups -OCH3 is 1. The number of β-amino-alcohol motifs (C(OH)–C–C–N with tert-alkyl or cyclic N) is 1. The van der Waals surface area contributed by atoms with Crippen molar-refractivity contribution in [3.8, 4) is 11.5 Å². The summed E-state index contributed by atoms with van der Waals surface area (Å²) in [5.41, 5.74) is 1.99. The molecule has 1 atom stereocenters. The second-order valence-corrected chi connectivity index (χ2v) is 7.87. The molecule has 1 N–H and O–H groups in total. The van der Waals surface area contributed by atoms with Gasteiger partial charge in [0.2, 0.25) is 5.91 Å². The van der Waals surface area contributed by atoms with E-state index >= 15 is 0 Å². The first-order valence-corrected chi connectivity index (χ1v) is 10.3. The fourth-order valence-corrected chi connectivity index (χ4v) is 3.86. The highest BCUT2D eigenvalue weighted by atomic mass is 19.1. The summed E-state index contributed by atoms with van der Waals surface area (Å²) in [6.45, 7) is 1.40. The molecule has 2 aromatic carbocycles. The predicted molar refractivity (Wildman–Crippen MR) is 111 cm³/mol. The summed E-state index contributed by atoms with van der Waals surface area (Å²) in [7, 11) is 1.62. The number of aliphatic hydroxyl groups excluding tert-OH is 1. The molecule has 0 spiro atoms. The minimum atomic E-state index is -0.794. The summed E-state index contributed by atoms with van der Waals surface area (Å²) in [4.78, 5) is 16.7. The van der Waals surface area contributed by atoms with E-state index in [2.05, 4.69) is 0 Å². The Morgan fingerprint density at radius 2 is 2.03 bits per heavy atom. The van der Waals surface area contributed by atoms with Gasteiger partial charge >= 0.3 is 0 Å². The molecule has 30 heavy (non-hydrogen) atoms. The third-order valence-corrected chi connectivity index (χ3v) is 5.54. The molecule has 0 radical (unpaired) electrons. The van der Waals surface area contributed by atoms with E-state index in [-0.39, 0.29) is 18.3 Å². The number of carbonyl (C=O) groups is 1. The van der Waals surface area contributed by atoms with Crippen LogP contribution in [0.2, 0.25) is 0 Å². The van der Waals surface area contributed by atoms with Crippen LogP contribution in [0.3, 0.4) is 0 Å². The number of hydrogen-bond donors (Lipinski definition) is 1. The summed E-state index contributed by atoms with van der Waals surface area (Å²) in [5, 5.41) is 10.6. The molecule has 1 fully saturated rings. The monoisotopic (exact) mass is 414 g/mol. The van der Waals surface area contributed by atoms with Crippen molar-refractivity contribution in [3.05, 3.63) is 53.8 Å². The summed E-state index contributed by atoms with van der Waals surface area (Å²) >= 11 is 0. The number of halogens is 1. The summed E-state index contributed by atoms with van der Waals surface area (Å²) in [6, 6.07) is 12.0. The number of nitrogens with zero attached hydrogens (tertiary/aromatic N) is 2. The Labute approximate surface area is 175 Å². The van der Waals surface area contributed by atoms with E-state index in [1.165, 1.54) is 12.1 Å². The van der Waals surface area contributed by atoms with Crippen molar-refractivity contribution in [2.75, 3.05) is 31.7 Å². The Bertz CT molecular complexity index is 903. The molecule has 1 amide bonds. The highest BCUT2D eigenvalue weighted by Crippen LogP contribution is 2.34. The van der Waals surface area contributed by atoms with Crippen LogP contribution in [0.25, 0.3) is 0 Å². The van der Waals surface area contributed by atoms with E-state index in [0.29, 0.717) is 37.8 Å². The van der Waals surface area contributed by atoms with Gasteiger partial charge in [0.1, 0.15) is 30.0 Å². The third kappa shape index (κ3) is 4.84. The van der Waals surface area contributed by atoms with Crippen molar-refractivity contribution in [3.63, 3.8) is 0 Å². The van der Waals surface area contributed by atoms with Gasteiger partial charge in [-0.1, -0.05) is 6.07 Å². The lowest BCUT2D eigenvalue weighted by Crippen LogP contribution is -2.42. The number of hydrogen-bond acceptors (Lipinski definition) is 5. The van der Waals surface area contributed by atoms with Gasteiger partial charge in [-0.25, -0.2) is 4.39 Å². The van der Waals surface area contributed by atoms with Crippen molar-refractivity contribution in [1.82, 2.24) is 4.90 Å². The first kappa shape index (κ1) is 20.5. The maximum absolute atomic E-state index is 13.3. The highest BCUT2D eigenvalue weighted by Gasteiger charge is 2.34. The molecule has 160 valence electrons. The van der Waals surface area contributed by atoms with Gasteiger partial charge in [0, 0.05) is 43.9 Å². The van der Waals surface area contributed by atoms with Gasteiger partial charge in [0.15, 0.2) is 0 Å². The lowest BCUT2D eigenvalue weighted by atomic mass is 10.1. The quantitative estimate of drug-likeness (QED) is 0.755. The van der Waals surface area contributed by atoms with Crippen LogP contribution in [-0.2, 0) is 11.3 Å². The van der Waals surface area contributed by atoms with E-state index in [1.807, 2.05) is 28.0 Å². The first-order valence-electron chi connectivity index (χ1n) is 10.3. The molecule has 1 heterocycles. The smallest absolute Gasteiger partial charge is 0.224 e. The lowest BCUT2D eigenvalue weighted by molar-refractivity contribution is -0.132. The molecule has 0 aromatic heterocycles. The van der Waals surface area contributed by atoms with Gasteiger partial charge < -0.3 is 24.4 Å². The number of ether oxygens (including phenoxy) is 2. The number of aliphatic hydroxyl groups is 1. The molecule has 0 saturated heterocycles. The van der Waals surface area contributed by atoms with E-state index < -0.39 is 6.10 Å². The molecule has 1 unspecified atom stereocenters. The zero-order valence-electron chi connectivity index (χ0n) is 17.1. The molecule has 4 rings (SSSR count). The van der Waals surface area contributed by atoms with Crippen LogP contribution in [0, 0.1) is 5.82 Å². The minimum Gasteiger partial charge on any atom is -0.497 e. The van der Waals surface area contributed by atoms with E-state index in [9.17, 15) is 14.3 Å². The van der Waals surface area contributed by atoms with Gasteiger partial charge in [0.05, 0.1) is 7.11 Å². The Kier molecular flexibility index (Phi) is 6.08. The van der Waals surface area contributed by atoms with E-state index in [4.69, 9.17) is 9.47 Å². The standard InChI is InChI=1S/C23H27FN2O4/c1-29-20-7-8-22-16(11-20)13-26(18-5-6-18)23(28)9-10-25(22)14-19(27)15-30-21-4-2-3-17(24)12-21/h2-4,7-8,11-12,18-19,27H,5-6,9-10,13-15H2,1H3. The number of amides is 1. The summed E-state index contributed by atoms with van der Waals surface area (Å²) < 4.78 is 24.2. The van der Waals surface area contributed by atoms with Crippen LogP contribution >= 0.6 is 0 Å². The van der Waals surface area contributed by atoms with Crippen molar-refractivity contribution in [2.45, 2.75) is 38.0 Å². The minimum absolute atomic E-state index is 0.0353. The Hall–Kier alpha value is -2.80. The first-order chi connectivity index (χ1) is 14.5. The molecule has 1 aliphatic heterocycles. The van der Waals surface area contributed by atoms with Gasteiger partial charge in [-0.05, 0) is 48.7 Å². The highest BCUT2D eigenvalue weighted by molar-refractivity contribution is 5.79. The van der Waals surface area contributed by atoms with E-state index in [1.54, 1.807) is 19.2 Å². The number of rotatable bonds is 7. The van der Waals surface area contributed by atoms with Crippen molar-refractivity contribution in [2.24, 2.45) is 0 Å². The molecule has 1 saturated carbocycles. The van der Waals surface area contributed by atoms with Crippen LogP contribution in [0.1, 0.15) is 24.8 Å². The molecule has 0 bridgehead atoms. The number of anilines is 1. The SMILES string of the molecule is COc1ccc2c(c1)CN(C1CC1)C(=O)CCN2CC(O)COc1cccc(F)c1. The van der Waals surface area contributed by atoms with Crippen LogP contribution in [0.5, 0.6) is 11.5 Å². The lowest BCUT2D eigenvalue weighted by Gasteiger charge is -2.34. The zero-order chi connectivity index (χ0) is 21.1. The zero-order valence-corrected chi connectivity index (χ0v) is 17.1. The fraction of sp³-hybridized carbons (Fsp3) is 0.435. The maximum Gasteiger partial charge on any atom is 0.224 e. The second-order valence-electron chi connectivity index (χ2n) is 7.87. The number of benzene rings is 2. The molecular weight excluding hydrogens is 387 g/mol. The molecule has 2 aliphatic rings. The average Bonchev–Trinajstić information content (AvgIpc) is 3.57. The number of fused-ring (bicyclic) bond motifs is 1. The largest absolute Gasteiger partial charge is 0.497 e. The van der Waals surface area contributed by atoms with Gasteiger partial charge in [-0.2, -0.15) is 0 Å². The molecule has 2 aromatic rings. The molecule has 1 aliphatic carbocycles. The van der Waals surface area contributed by atoms with Gasteiger partial charge in [0.25, 0.3) is 0 Å². The maximum atomic E-state index is 13.3. The second kappa shape index (κ2) is 8.92. The van der Waals surface area contributed by atoms with E-state index in [0.717, 1.165) is 29.8 Å². The topological polar surface area (TPSA) is 62.2 Å². The molecular formula is C23H27FN2O4.